The molecule has 1 aromatic carbocycles. The molecule has 0 bridgehead atoms. The van der Waals surface area contributed by atoms with E-state index in [2.05, 4.69) is 6.07 Å². The van der Waals surface area contributed by atoms with Crippen LogP contribution in [-0.4, -0.2) is 37.6 Å². The summed E-state index contributed by atoms with van der Waals surface area (Å²) in [6.45, 7) is 5.50. The third-order valence-corrected chi connectivity index (χ3v) is 3.86. The number of rotatable bonds is 4. The van der Waals surface area contributed by atoms with Gasteiger partial charge >= 0.3 is 0 Å². The number of nitro groups is 1. The van der Waals surface area contributed by atoms with Crippen LogP contribution in [0.15, 0.2) is 12.1 Å². The summed E-state index contributed by atoms with van der Waals surface area (Å²) < 4.78 is 14.1. The van der Waals surface area contributed by atoms with Crippen molar-refractivity contribution in [2.24, 2.45) is 0 Å². The Morgan fingerprint density at radius 2 is 2.14 bits per heavy atom. The first kappa shape index (κ1) is 15.2. The standard InChI is InChI=1S/C14H17FN4O2/c1-11-9-14(12(15)10-13(11)19(20)21)18-7-5-17(6-8-18)4-2-3-16/h9-10H,2,4-8H2,1H3/p+1. The smallest absolute Gasteiger partial charge is 0.275 e. The topological polar surface area (TPSA) is 74.6 Å². The number of halogens is 1. The highest BCUT2D eigenvalue weighted by atomic mass is 19.1. The van der Waals surface area contributed by atoms with E-state index in [0.29, 0.717) is 30.8 Å². The Morgan fingerprint density at radius 3 is 2.71 bits per heavy atom. The molecule has 1 fully saturated rings. The summed E-state index contributed by atoms with van der Waals surface area (Å²) in [6.07, 6.45) is 0.528. The third kappa shape index (κ3) is 3.47. The number of hydrogen-bond acceptors (Lipinski definition) is 4. The second kappa shape index (κ2) is 6.50. The maximum Gasteiger partial charge on any atom is 0.275 e. The predicted octanol–water partition coefficient (Wildman–Crippen LogP) is 0.661. The minimum Gasteiger partial charge on any atom is -0.358 e. The van der Waals surface area contributed by atoms with Crippen LogP contribution in [0.3, 0.4) is 0 Å². The zero-order valence-corrected chi connectivity index (χ0v) is 11.9. The molecular formula is C14H18FN4O2+. The van der Waals surface area contributed by atoms with Crippen molar-refractivity contribution in [1.82, 2.24) is 0 Å². The molecule has 0 aliphatic carbocycles. The Kier molecular flexibility index (Phi) is 4.70. The second-order valence-electron chi connectivity index (χ2n) is 5.24. The molecule has 0 atom stereocenters. The third-order valence-electron chi connectivity index (χ3n) is 3.86. The number of piperazine rings is 1. The highest BCUT2D eigenvalue weighted by Crippen LogP contribution is 2.27. The molecule has 21 heavy (non-hydrogen) atoms. The Labute approximate surface area is 122 Å². The fourth-order valence-corrected chi connectivity index (χ4v) is 2.64. The Morgan fingerprint density at radius 1 is 1.48 bits per heavy atom. The van der Waals surface area contributed by atoms with Crippen LogP contribution >= 0.6 is 0 Å². The van der Waals surface area contributed by atoms with E-state index in [1.165, 1.54) is 4.90 Å². The molecule has 1 heterocycles. The summed E-state index contributed by atoms with van der Waals surface area (Å²) in [5.41, 5.74) is 0.711. The van der Waals surface area contributed by atoms with Gasteiger partial charge in [0.25, 0.3) is 5.69 Å². The van der Waals surface area contributed by atoms with Crippen molar-refractivity contribution in [2.45, 2.75) is 13.3 Å². The average Bonchev–Trinajstić information content (AvgIpc) is 2.47. The molecule has 0 aromatic heterocycles. The fraction of sp³-hybridized carbons (Fsp3) is 0.500. The lowest BCUT2D eigenvalue weighted by molar-refractivity contribution is -0.900. The van der Waals surface area contributed by atoms with Crippen LogP contribution in [0.2, 0.25) is 0 Å². The minimum atomic E-state index is -0.563. The molecule has 1 saturated heterocycles. The number of hydrogen-bond donors (Lipinski definition) is 1. The minimum absolute atomic E-state index is 0.186. The van der Waals surface area contributed by atoms with Crippen LogP contribution in [0.5, 0.6) is 0 Å². The van der Waals surface area contributed by atoms with E-state index in [9.17, 15) is 14.5 Å². The van der Waals surface area contributed by atoms with E-state index < -0.39 is 10.7 Å². The second-order valence-corrected chi connectivity index (χ2v) is 5.24. The van der Waals surface area contributed by atoms with E-state index in [4.69, 9.17) is 5.26 Å². The zero-order valence-electron chi connectivity index (χ0n) is 11.9. The number of aryl methyl sites for hydroxylation is 1. The largest absolute Gasteiger partial charge is 0.358 e. The van der Waals surface area contributed by atoms with Crippen molar-refractivity contribution in [3.05, 3.63) is 33.6 Å². The van der Waals surface area contributed by atoms with Gasteiger partial charge in [-0.1, -0.05) is 0 Å². The molecular weight excluding hydrogens is 275 g/mol. The Hall–Kier alpha value is -2.20. The molecule has 2 rings (SSSR count). The van der Waals surface area contributed by atoms with Crippen LogP contribution in [0, 0.1) is 34.2 Å². The van der Waals surface area contributed by atoms with Gasteiger partial charge in [0.05, 0.1) is 61.9 Å². The van der Waals surface area contributed by atoms with Crippen molar-refractivity contribution in [1.29, 1.82) is 5.26 Å². The number of nitro benzene ring substituents is 1. The van der Waals surface area contributed by atoms with E-state index >= 15 is 0 Å². The van der Waals surface area contributed by atoms with Crippen molar-refractivity contribution < 1.29 is 14.2 Å². The van der Waals surface area contributed by atoms with Gasteiger partial charge in [0, 0.05) is 5.56 Å². The van der Waals surface area contributed by atoms with Gasteiger partial charge in [-0.05, 0) is 13.0 Å². The molecule has 0 unspecified atom stereocenters. The van der Waals surface area contributed by atoms with Crippen LogP contribution in [0.1, 0.15) is 12.0 Å². The molecule has 112 valence electrons. The summed E-state index contributed by atoms with van der Waals surface area (Å²) >= 11 is 0. The monoisotopic (exact) mass is 293 g/mol. The van der Waals surface area contributed by atoms with Crippen molar-refractivity contribution >= 4 is 11.4 Å². The Bertz CT molecular complexity index is 577. The highest BCUT2D eigenvalue weighted by molar-refractivity contribution is 5.56. The van der Waals surface area contributed by atoms with E-state index in [1.54, 1.807) is 13.0 Å². The summed E-state index contributed by atoms with van der Waals surface area (Å²) in [6, 6.07) is 4.68. The van der Waals surface area contributed by atoms with Gasteiger partial charge in [0.1, 0.15) is 0 Å². The first-order valence-electron chi connectivity index (χ1n) is 6.93. The molecule has 1 aromatic rings. The van der Waals surface area contributed by atoms with Crippen molar-refractivity contribution in [3.63, 3.8) is 0 Å². The lowest BCUT2D eigenvalue weighted by Crippen LogP contribution is -3.14. The first-order chi connectivity index (χ1) is 10.0. The molecule has 0 saturated carbocycles. The highest BCUT2D eigenvalue weighted by Gasteiger charge is 2.24. The molecule has 0 spiro atoms. The molecule has 0 amide bonds. The molecule has 6 nitrogen and oxygen atoms in total. The van der Waals surface area contributed by atoms with Gasteiger partial charge in [-0.2, -0.15) is 5.26 Å². The molecule has 7 heteroatoms. The number of quaternary nitrogens is 1. The fourth-order valence-electron chi connectivity index (χ4n) is 2.64. The maximum absolute atomic E-state index is 14.1. The number of anilines is 1. The number of nitrogens with zero attached hydrogens (tertiary/aromatic N) is 3. The maximum atomic E-state index is 14.1. The lowest BCUT2D eigenvalue weighted by Gasteiger charge is -2.33. The number of nitriles is 1. The Balaban J connectivity index is 2.09. The number of nitrogens with one attached hydrogen (secondary N) is 1. The SMILES string of the molecule is Cc1cc(N2CC[NH+](CCC#N)CC2)c(F)cc1[N+](=O)[O-]. The van der Waals surface area contributed by atoms with E-state index in [0.717, 1.165) is 25.7 Å². The quantitative estimate of drug-likeness (QED) is 0.654. The molecule has 1 N–H and O–H groups in total. The molecule has 0 radical (unpaired) electrons. The summed E-state index contributed by atoms with van der Waals surface area (Å²) in [4.78, 5) is 13.5. The number of benzene rings is 1. The van der Waals surface area contributed by atoms with Crippen LogP contribution in [0.4, 0.5) is 15.8 Å². The molecule has 1 aliphatic heterocycles. The lowest BCUT2D eigenvalue weighted by atomic mass is 10.1. The first-order valence-corrected chi connectivity index (χ1v) is 6.93. The van der Waals surface area contributed by atoms with Crippen LogP contribution in [0.25, 0.3) is 0 Å². The van der Waals surface area contributed by atoms with Gasteiger partial charge < -0.3 is 9.80 Å². The van der Waals surface area contributed by atoms with Gasteiger partial charge in [0.2, 0.25) is 0 Å². The van der Waals surface area contributed by atoms with Gasteiger partial charge in [-0.3, -0.25) is 10.1 Å². The van der Waals surface area contributed by atoms with Gasteiger partial charge in [-0.25, -0.2) is 4.39 Å². The van der Waals surface area contributed by atoms with E-state index in [1.807, 2.05) is 4.90 Å². The van der Waals surface area contributed by atoms with Crippen molar-refractivity contribution in [2.75, 3.05) is 37.6 Å². The zero-order chi connectivity index (χ0) is 15.4. The van der Waals surface area contributed by atoms with Crippen molar-refractivity contribution in [3.8, 4) is 6.07 Å². The average molecular weight is 293 g/mol. The van der Waals surface area contributed by atoms with E-state index in [-0.39, 0.29) is 5.69 Å². The van der Waals surface area contributed by atoms with Gasteiger partial charge in [-0.15, -0.1) is 0 Å². The summed E-state index contributed by atoms with van der Waals surface area (Å²) in [5.74, 6) is -0.548. The predicted molar refractivity (Wildman–Crippen MR) is 75.8 cm³/mol. The summed E-state index contributed by atoms with van der Waals surface area (Å²) in [5, 5.41) is 19.4. The molecule has 1 aliphatic rings. The van der Waals surface area contributed by atoms with Gasteiger partial charge in [0.15, 0.2) is 5.82 Å². The summed E-state index contributed by atoms with van der Waals surface area (Å²) in [7, 11) is 0. The normalized spacial score (nSPS) is 15.8. The van der Waals surface area contributed by atoms with Crippen LogP contribution in [-0.2, 0) is 0 Å². The van der Waals surface area contributed by atoms with Crippen LogP contribution < -0.4 is 9.80 Å².